The van der Waals surface area contributed by atoms with Crippen molar-refractivity contribution in [3.8, 4) is 11.5 Å². The molecule has 7 nitrogen and oxygen atoms in total. The summed E-state index contributed by atoms with van der Waals surface area (Å²) in [5, 5.41) is 19.6. The van der Waals surface area contributed by atoms with Gasteiger partial charge in [0.05, 0.1) is 24.3 Å². The van der Waals surface area contributed by atoms with E-state index in [1.165, 1.54) is 17.1 Å². The second-order valence-corrected chi connectivity index (χ2v) is 8.32. The molecule has 162 valence electrons. The van der Waals surface area contributed by atoms with Crippen LogP contribution in [-0.2, 0) is 0 Å². The molecule has 3 aliphatic rings. The number of nitrogens with zero attached hydrogens (tertiary/aromatic N) is 3. The lowest BCUT2D eigenvalue weighted by Crippen LogP contribution is -2.50. The van der Waals surface area contributed by atoms with Crippen LogP contribution in [0.1, 0.15) is 30.0 Å². The molecule has 2 aromatic carbocycles. The number of nitrogens with one attached hydrogen (secondary N) is 1. The number of benzene rings is 2. The van der Waals surface area contributed by atoms with E-state index in [-0.39, 0.29) is 29.6 Å². The lowest BCUT2D eigenvalue weighted by Gasteiger charge is -2.36. The summed E-state index contributed by atoms with van der Waals surface area (Å²) in [5.41, 5.74) is 1.96. The molecule has 0 radical (unpaired) electrons. The first-order valence-corrected chi connectivity index (χ1v) is 10.6. The van der Waals surface area contributed by atoms with Gasteiger partial charge in [0, 0.05) is 25.2 Å². The minimum atomic E-state index is -0.454. The van der Waals surface area contributed by atoms with E-state index in [1.807, 2.05) is 6.07 Å². The molecule has 5 rings (SSSR count). The van der Waals surface area contributed by atoms with Crippen LogP contribution >= 0.6 is 0 Å². The molecule has 1 fully saturated rings. The Bertz CT molecular complexity index is 1040. The van der Waals surface area contributed by atoms with E-state index in [2.05, 4.69) is 5.32 Å². The van der Waals surface area contributed by atoms with E-state index < -0.39 is 6.04 Å². The van der Waals surface area contributed by atoms with Gasteiger partial charge in [0.1, 0.15) is 17.3 Å². The van der Waals surface area contributed by atoms with Crippen LogP contribution in [0.25, 0.3) is 0 Å². The molecule has 0 aromatic heterocycles. The van der Waals surface area contributed by atoms with Crippen molar-refractivity contribution in [2.24, 2.45) is 11.0 Å². The number of hydrogen-bond donors (Lipinski definition) is 2. The van der Waals surface area contributed by atoms with Gasteiger partial charge in [-0.15, -0.1) is 0 Å². The summed E-state index contributed by atoms with van der Waals surface area (Å²) in [6.45, 7) is 2.01. The largest absolute Gasteiger partial charge is 0.508 e. The Morgan fingerprint density at radius 2 is 2.19 bits per heavy atom. The van der Waals surface area contributed by atoms with Gasteiger partial charge in [-0.25, -0.2) is 14.2 Å². The molecule has 2 N–H and O–H groups in total. The van der Waals surface area contributed by atoms with Gasteiger partial charge < -0.3 is 20.1 Å². The Labute approximate surface area is 180 Å². The molecule has 0 bridgehead atoms. The molecular formula is C23H25FN4O3. The van der Waals surface area contributed by atoms with Crippen molar-refractivity contribution < 1.29 is 19.0 Å². The Balaban J connectivity index is 1.55. The number of hydrogen-bond acceptors (Lipinski definition) is 5. The summed E-state index contributed by atoms with van der Waals surface area (Å²) in [5.74, 6) is 0.0317. The molecule has 1 saturated heterocycles. The fraction of sp³-hybridized carbons (Fsp3) is 0.391. The third-order valence-electron chi connectivity index (χ3n) is 6.38. The van der Waals surface area contributed by atoms with Crippen molar-refractivity contribution in [3.05, 3.63) is 59.4 Å². The Kier molecular flexibility index (Phi) is 5.02. The fourth-order valence-electron chi connectivity index (χ4n) is 4.73. The second kappa shape index (κ2) is 7.85. The zero-order valence-corrected chi connectivity index (χ0v) is 17.3. The van der Waals surface area contributed by atoms with Gasteiger partial charge in [0.2, 0.25) is 0 Å². The zero-order valence-electron chi connectivity index (χ0n) is 17.3. The summed E-state index contributed by atoms with van der Waals surface area (Å²) >= 11 is 0. The molecule has 0 saturated carbocycles. The number of halogens is 1. The minimum Gasteiger partial charge on any atom is -0.508 e. The maximum Gasteiger partial charge on any atom is 0.341 e. The quantitative estimate of drug-likeness (QED) is 0.777. The number of carbonyl (C=O) groups is 1. The molecule has 3 atom stereocenters. The lowest BCUT2D eigenvalue weighted by atomic mass is 9.86. The predicted octanol–water partition coefficient (Wildman–Crippen LogP) is 3.10. The second-order valence-electron chi connectivity index (χ2n) is 8.32. The third kappa shape index (κ3) is 3.50. The third-order valence-corrected chi connectivity index (χ3v) is 6.38. The molecule has 3 aliphatic heterocycles. The van der Waals surface area contributed by atoms with Crippen molar-refractivity contribution in [2.75, 3.05) is 26.7 Å². The van der Waals surface area contributed by atoms with Gasteiger partial charge in [0.15, 0.2) is 0 Å². The Hall–Kier alpha value is -3.13. The van der Waals surface area contributed by atoms with E-state index in [4.69, 9.17) is 9.84 Å². The van der Waals surface area contributed by atoms with Crippen LogP contribution < -0.4 is 10.1 Å². The summed E-state index contributed by atoms with van der Waals surface area (Å²) in [6, 6.07) is 10.6. The van der Waals surface area contributed by atoms with Crippen LogP contribution in [0.2, 0.25) is 0 Å². The molecule has 0 aliphatic carbocycles. The lowest BCUT2D eigenvalue weighted by molar-refractivity contribution is 0.115. The summed E-state index contributed by atoms with van der Waals surface area (Å²) in [4.78, 5) is 15.3. The normalized spacial score (nSPS) is 24.6. The molecule has 3 heterocycles. The number of amides is 2. The van der Waals surface area contributed by atoms with Crippen molar-refractivity contribution in [2.45, 2.75) is 24.9 Å². The number of phenolic OH excluding ortho intramolecular Hbond substituents is 1. The zero-order chi connectivity index (χ0) is 21.5. The van der Waals surface area contributed by atoms with Crippen LogP contribution in [0.15, 0.2) is 47.6 Å². The molecule has 2 aromatic rings. The van der Waals surface area contributed by atoms with Gasteiger partial charge >= 0.3 is 6.03 Å². The van der Waals surface area contributed by atoms with Gasteiger partial charge in [-0.2, -0.15) is 5.10 Å². The summed E-state index contributed by atoms with van der Waals surface area (Å²) in [7, 11) is 1.80. The smallest absolute Gasteiger partial charge is 0.341 e. The molecule has 8 heteroatoms. The van der Waals surface area contributed by atoms with Crippen LogP contribution in [-0.4, -0.2) is 59.5 Å². The van der Waals surface area contributed by atoms with Crippen LogP contribution in [0.4, 0.5) is 9.18 Å². The predicted molar refractivity (Wildman–Crippen MR) is 114 cm³/mol. The summed E-state index contributed by atoms with van der Waals surface area (Å²) in [6.07, 6.45) is 1.94. The van der Waals surface area contributed by atoms with Crippen molar-refractivity contribution >= 4 is 11.7 Å². The van der Waals surface area contributed by atoms with E-state index in [0.717, 1.165) is 31.5 Å². The molecule has 31 heavy (non-hydrogen) atoms. The highest BCUT2D eigenvalue weighted by atomic mass is 19.1. The molecule has 2 amide bonds. The Morgan fingerprint density at radius 3 is 2.97 bits per heavy atom. The van der Waals surface area contributed by atoms with Crippen molar-refractivity contribution in [3.63, 3.8) is 0 Å². The number of urea groups is 1. The van der Waals surface area contributed by atoms with Crippen LogP contribution in [0.5, 0.6) is 11.5 Å². The van der Waals surface area contributed by atoms with Gasteiger partial charge in [-0.05, 0) is 55.3 Å². The highest BCUT2D eigenvalue weighted by molar-refractivity contribution is 6.07. The van der Waals surface area contributed by atoms with Crippen molar-refractivity contribution in [1.82, 2.24) is 15.2 Å². The minimum absolute atomic E-state index is 0.0786. The number of ether oxygens (including phenoxy) is 1. The first kappa shape index (κ1) is 19.8. The number of phenols is 1. The number of fused-ring (bicyclic) bond motifs is 3. The molecule has 1 unspecified atom stereocenters. The number of hydrazone groups is 1. The van der Waals surface area contributed by atoms with Gasteiger partial charge in [0.25, 0.3) is 0 Å². The highest BCUT2D eigenvalue weighted by Gasteiger charge is 2.46. The first-order valence-electron chi connectivity index (χ1n) is 10.6. The van der Waals surface area contributed by atoms with Gasteiger partial charge in [-0.1, -0.05) is 12.1 Å². The number of carbonyl (C=O) groups excluding carboxylic acids is 1. The molecular weight excluding hydrogens is 399 g/mol. The maximum absolute atomic E-state index is 14.0. The monoisotopic (exact) mass is 424 g/mol. The number of likely N-dealkylation sites (N-methyl/N-ethyl adjacent to an activating group) is 1. The SMILES string of the molecule is CN(C(=O)N1N=C2c3cc(F)ccc3OC[C@@H]2[C@H]1c1cccc(O)c1)C1CCCNC1. The Morgan fingerprint density at radius 1 is 1.32 bits per heavy atom. The van der Waals surface area contributed by atoms with E-state index in [9.17, 15) is 14.3 Å². The van der Waals surface area contributed by atoms with Crippen molar-refractivity contribution in [1.29, 1.82) is 0 Å². The average Bonchev–Trinajstić information content (AvgIpc) is 3.19. The number of piperidine rings is 1. The van der Waals surface area contributed by atoms with Crippen LogP contribution in [0.3, 0.4) is 0 Å². The fourth-order valence-corrected chi connectivity index (χ4v) is 4.73. The van der Waals surface area contributed by atoms with E-state index in [0.29, 0.717) is 23.6 Å². The number of rotatable bonds is 2. The summed E-state index contributed by atoms with van der Waals surface area (Å²) < 4.78 is 19.9. The molecule has 0 spiro atoms. The van der Waals surface area contributed by atoms with E-state index >= 15 is 0 Å². The maximum atomic E-state index is 14.0. The van der Waals surface area contributed by atoms with E-state index in [1.54, 1.807) is 36.2 Å². The van der Waals surface area contributed by atoms with Gasteiger partial charge in [-0.3, -0.25) is 0 Å². The topological polar surface area (TPSA) is 77.4 Å². The average molecular weight is 424 g/mol. The highest BCUT2D eigenvalue weighted by Crippen LogP contribution is 2.43. The number of aromatic hydroxyl groups is 1. The standard InChI is InChI=1S/C23H25FN4O3/c1-27(16-5-3-9-25-12-16)23(30)28-22(14-4-2-6-17(29)10-14)19-13-31-20-8-7-15(24)11-18(20)21(19)26-28/h2,4,6-8,10-11,16,19,22,25,29H,3,5,9,12-13H2,1H3/t16?,19-,22+/m0/s1. The van der Waals surface area contributed by atoms with Crippen LogP contribution in [0, 0.1) is 11.7 Å². The first-order chi connectivity index (χ1) is 15.0.